The topological polar surface area (TPSA) is 44.5 Å². The fourth-order valence-electron chi connectivity index (χ4n) is 1.95. The molecule has 0 fully saturated rings. The molecular weight excluding hydrogens is 226 g/mol. The van der Waals surface area contributed by atoms with Crippen molar-refractivity contribution in [3.63, 3.8) is 0 Å². The van der Waals surface area contributed by atoms with Crippen molar-refractivity contribution in [2.24, 2.45) is 5.73 Å². The molecule has 2 unspecified atom stereocenters. The molecule has 1 rings (SSSR count). The highest BCUT2D eigenvalue weighted by molar-refractivity contribution is 5.29. The van der Waals surface area contributed by atoms with Crippen LogP contribution in [-0.2, 0) is 4.74 Å². The summed E-state index contributed by atoms with van der Waals surface area (Å²) in [5.74, 6) is 0.900. The number of methoxy groups -OCH3 is 1. The lowest BCUT2D eigenvalue weighted by molar-refractivity contribution is 0.0725. The van der Waals surface area contributed by atoms with Crippen molar-refractivity contribution in [3.8, 4) is 5.75 Å². The minimum atomic E-state index is -0.0739. The largest absolute Gasteiger partial charge is 0.494 e. The van der Waals surface area contributed by atoms with Gasteiger partial charge in [0.2, 0.25) is 0 Å². The molecule has 0 aliphatic carbocycles. The zero-order valence-corrected chi connectivity index (χ0v) is 11.7. The van der Waals surface area contributed by atoms with E-state index in [1.54, 1.807) is 7.11 Å². The maximum Gasteiger partial charge on any atom is 0.119 e. The van der Waals surface area contributed by atoms with E-state index in [0.29, 0.717) is 0 Å². The van der Waals surface area contributed by atoms with Gasteiger partial charge in [-0.15, -0.1) is 0 Å². The van der Waals surface area contributed by atoms with Crippen molar-refractivity contribution < 1.29 is 9.47 Å². The molecule has 0 radical (unpaired) electrons. The molecule has 0 spiro atoms. The molecule has 0 heterocycles. The first kappa shape index (κ1) is 15.0. The molecular formula is C15H25NO2. The van der Waals surface area contributed by atoms with E-state index in [-0.39, 0.29) is 12.1 Å². The SMILES string of the molecule is CCCOc1ccc(C(N)C(CCC)OC)cc1. The summed E-state index contributed by atoms with van der Waals surface area (Å²) in [5, 5.41) is 0. The summed E-state index contributed by atoms with van der Waals surface area (Å²) >= 11 is 0. The first-order chi connectivity index (χ1) is 8.72. The number of rotatable bonds is 8. The fourth-order valence-corrected chi connectivity index (χ4v) is 1.95. The zero-order valence-electron chi connectivity index (χ0n) is 11.7. The van der Waals surface area contributed by atoms with Crippen molar-refractivity contribution in [1.29, 1.82) is 0 Å². The van der Waals surface area contributed by atoms with E-state index in [0.717, 1.165) is 37.2 Å². The Kier molecular flexibility index (Phi) is 6.76. The highest BCUT2D eigenvalue weighted by atomic mass is 16.5. The Balaban J connectivity index is 2.65. The molecule has 0 aromatic heterocycles. The maximum absolute atomic E-state index is 6.22. The smallest absolute Gasteiger partial charge is 0.119 e. The molecule has 0 saturated heterocycles. The van der Waals surface area contributed by atoms with Crippen LogP contribution in [0.5, 0.6) is 5.75 Å². The number of ether oxygens (including phenoxy) is 2. The second-order valence-corrected chi connectivity index (χ2v) is 4.51. The molecule has 0 aliphatic rings. The molecule has 0 saturated carbocycles. The Morgan fingerprint density at radius 1 is 1.11 bits per heavy atom. The van der Waals surface area contributed by atoms with Crippen LogP contribution >= 0.6 is 0 Å². The van der Waals surface area contributed by atoms with E-state index in [2.05, 4.69) is 13.8 Å². The van der Waals surface area contributed by atoms with Crippen LogP contribution in [0.4, 0.5) is 0 Å². The van der Waals surface area contributed by atoms with E-state index < -0.39 is 0 Å². The van der Waals surface area contributed by atoms with Crippen LogP contribution in [0.15, 0.2) is 24.3 Å². The molecule has 1 aromatic carbocycles. The van der Waals surface area contributed by atoms with Gasteiger partial charge in [0.25, 0.3) is 0 Å². The van der Waals surface area contributed by atoms with E-state index in [1.165, 1.54) is 0 Å². The molecule has 102 valence electrons. The predicted molar refractivity (Wildman–Crippen MR) is 74.9 cm³/mol. The van der Waals surface area contributed by atoms with Gasteiger partial charge in [0.05, 0.1) is 18.8 Å². The number of hydrogen-bond acceptors (Lipinski definition) is 3. The first-order valence-corrected chi connectivity index (χ1v) is 6.74. The summed E-state index contributed by atoms with van der Waals surface area (Å²) in [6.07, 6.45) is 3.15. The van der Waals surface area contributed by atoms with Gasteiger partial charge < -0.3 is 15.2 Å². The van der Waals surface area contributed by atoms with Crippen molar-refractivity contribution in [2.45, 2.75) is 45.3 Å². The summed E-state index contributed by atoms with van der Waals surface area (Å²) in [6, 6.07) is 7.93. The fraction of sp³-hybridized carbons (Fsp3) is 0.600. The molecule has 3 heteroatoms. The molecule has 0 amide bonds. The van der Waals surface area contributed by atoms with Gasteiger partial charge in [-0.3, -0.25) is 0 Å². The van der Waals surface area contributed by atoms with E-state index in [9.17, 15) is 0 Å². The lowest BCUT2D eigenvalue weighted by atomic mass is 9.99. The van der Waals surface area contributed by atoms with Gasteiger partial charge in [0.15, 0.2) is 0 Å². The molecule has 0 aliphatic heterocycles. The second-order valence-electron chi connectivity index (χ2n) is 4.51. The van der Waals surface area contributed by atoms with E-state index in [1.807, 2.05) is 24.3 Å². The Hall–Kier alpha value is -1.06. The number of hydrogen-bond donors (Lipinski definition) is 1. The minimum absolute atomic E-state index is 0.0739. The third kappa shape index (κ3) is 4.31. The van der Waals surface area contributed by atoms with Crippen LogP contribution in [0, 0.1) is 0 Å². The quantitative estimate of drug-likeness (QED) is 0.771. The Bertz CT molecular complexity index is 324. The van der Waals surface area contributed by atoms with Gasteiger partial charge in [0, 0.05) is 7.11 Å². The van der Waals surface area contributed by atoms with Gasteiger partial charge in [-0.05, 0) is 30.5 Å². The van der Waals surface area contributed by atoms with Crippen LogP contribution in [0.3, 0.4) is 0 Å². The lowest BCUT2D eigenvalue weighted by Crippen LogP contribution is -2.27. The van der Waals surface area contributed by atoms with Gasteiger partial charge in [-0.25, -0.2) is 0 Å². The third-order valence-corrected chi connectivity index (χ3v) is 3.01. The van der Waals surface area contributed by atoms with Crippen molar-refractivity contribution in [1.82, 2.24) is 0 Å². The van der Waals surface area contributed by atoms with Crippen LogP contribution in [-0.4, -0.2) is 19.8 Å². The Labute approximate surface area is 110 Å². The Morgan fingerprint density at radius 2 is 1.78 bits per heavy atom. The highest BCUT2D eigenvalue weighted by Crippen LogP contribution is 2.22. The minimum Gasteiger partial charge on any atom is -0.494 e. The molecule has 2 atom stereocenters. The molecule has 1 aromatic rings. The molecule has 3 nitrogen and oxygen atoms in total. The average molecular weight is 251 g/mol. The average Bonchev–Trinajstić information content (AvgIpc) is 2.42. The first-order valence-electron chi connectivity index (χ1n) is 6.74. The zero-order chi connectivity index (χ0) is 13.4. The summed E-state index contributed by atoms with van der Waals surface area (Å²) in [7, 11) is 1.72. The van der Waals surface area contributed by atoms with Crippen molar-refractivity contribution in [3.05, 3.63) is 29.8 Å². The lowest BCUT2D eigenvalue weighted by Gasteiger charge is -2.22. The summed E-state index contributed by atoms with van der Waals surface area (Å²) in [5.41, 5.74) is 7.32. The van der Waals surface area contributed by atoms with Gasteiger partial charge in [-0.1, -0.05) is 32.4 Å². The number of nitrogens with two attached hydrogens (primary N) is 1. The van der Waals surface area contributed by atoms with E-state index in [4.69, 9.17) is 15.2 Å². The van der Waals surface area contributed by atoms with Gasteiger partial charge >= 0.3 is 0 Å². The summed E-state index contributed by atoms with van der Waals surface area (Å²) < 4.78 is 11.0. The molecule has 0 bridgehead atoms. The van der Waals surface area contributed by atoms with Crippen molar-refractivity contribution >= 4 is 0 Å². The highest BCUT2D eigenvalue weighted by Gasteiger charge is 2.17. The van der Waals surface area contributed by atoms with Crippen LogP contribution in [0.25, 0.3) is 0 Å². The Morgan fingerprint density at radius 3 is 2.28 bits per heavy atom. The molecule has 18 heavy (non-hydrogen) atoms. The normalized spacial score (nSPS) is 14.2. The predicted octanol–water partition coefficient (Wildman–Crippen LogP) is 3.29. The summed E-state index contributed by atoms with van der Waals surface area (Å²) in [6.45, 7) is 4.99. The third-order valence-electron chi connectivity index (χ3n) is 3.01. The summed E-state index contributed by atoms with van der Waals surface area (Å²) in [4.78, 5) is 0. The standard InChI is InChI=1S/C15H25NO2/c1-4-6-14(17-3)15(16)12-7-9-13(10-8-12)18-11-5-2/h7-10,14-15H,4-6,11,16H2,1-3H3. The maximum atomic E-state index is 6.22. The monoisotopic (exact) mass is 251 g/mol. The van der Waals surface area contributed by atoms with E-state index >= 15 is 0 Å². The van der Waals surface area contributed by atoms with Crippen LogP contribution in [0.1, 0.15) is 44.7 Å². The van der Waals surface area contributed by atoms with Crippen LogP contribution < -0.4 is 10.5 Å². The van der Waals surface area contributed by atoms with Crippen LogP contribution in [0.2, 0.25) is 0 Å². The van der Waals surface area contributed by atoms with Gasteiger partial charge in [0.1, 0.15) is 5.75 Å². The second kappa shape index (κ2) is 8.11. The van der Waals surface area contributed by atoms with Crippen molar-refractivity contribution in [2.75, 3.05) is 13.7 Å². The number of benzene rings is 1. The molecule has 2 N–H and O–H groups in total. The van der Waals surface area contributed by atoms with Gasteiger partial charge in [-0.2, -0.15) is 0 Å².